The Balaban J connectivity index is 1.35. The highest BCUT2D eigenvalue weighted by Crippen LogP contribution is 2.54. The minimum absolute atomic E-state index is 0.00524. The molecule has 5 rings (SSSR count). The van der Waals surface area contributed by atoms with E-state index in [1.165, 1.54) is 24.3 Å². The van der Waals surface area contributed by atoms with Crippen molar-refractivity contribution in [2.24, 2.45) is 11.8 Å². The Labute approximate surface area is 229 Å². The van der Waals surface area contributed by atoms with Gasteiger partial charge in [0.15, 0.2) is 21.5 Å². The van der Waals surface area contributed by atoms with E-state index in [0.29, 0.717) is 18.5 Å². The van der Waals surface area contributed by atoms with Gasteiger partial charge in [0.1, 0.15) is 0 Å². The Hall–Kier alpha value is -2.92. The van der Waals surface area contributed by atoms with E-state index in [1.807, 2.05) is 0 Å². The number of anilines is 1. The molecule has 2 aromatic carbocycles. The minimum atomic E-state index is -4.02. The van der Waals surface area contributed by atoms with Crippen LogP contribution in [0.5, 0.6) is 0 Å². The lowest BCUT2D eigenvalue weighted by atomic mass is 9.70. The van der Waals surface area contributed by atoms with Gasteiger partial charge >= 0.3 is 0 Å². The number of benzene rings is 2. The molecule has 2 saturated carbocycles. The molecule has 3 unspecified atom stereocenters. The molecule has 3 N–H and O–H groups in total. The first kappa shape index (κ1) is 27.6. The molecule has 2 bridgehead atoms. The van der Waals surface area contributed by atoms with Gasteiger partial charge in [0.25, 0.3) is 5.91 Å². The van der Waals surface area contributed by atoms with Gasteiger partial charge in [0.2, 0.25) is 0 Å². The zero-order valence-corrected chi connectivity index (χ0v) is 22.3. The summed E-state index contributed by atoms with van der Waals surface area (Å²) in [5, 5.41) is 24.1. The number of amides is 1. The quantitative estimate of drug-likeness (QED) is 0.380. The summed E-state index contributed by atoms with van der Waals surface area (Å²) in [6.45, 7) is 0. The van der Waals surface area contributed by atoms with Crippen molar-refractivity contribution in [1.82, 2.24) is 4.98 Å². The SMILES string of the molecule is O=C(Nc1ccc(F)c(F)c1)c1ccc(Cl)c(S(=O)(=O)C2CC3CCC(C2)C3(O)C(O)Cc2ccccn2)c1. The molecule has 1 heterocycles. The van der Waals surface area contributed by atoms with E-state index in [0.717, 1.165) is 12.1 Å². The number of pyridine rings is 1. The number of aromatic nitrogens is 1. The molecule has 206 valence electrons. The van der Waals surface area contributed by atoms with E-state index in [-0.39, 0.29) is 40.4 Å². The molecule has 0 radical (unpaired) electrons. The van der Waals surface area contributed by atoms with Crippen LogP contribution in [0.15, 0.2) is 65.7 Å². The highest BCUT2D eigenvalue weighted by Gasteiger charge is 2.58. The molecule has 2 fully saturated rings. The van der Waals surface area contributed by atoms with Gasteiger partial charge in [-0.1, -0.05) is 17.7 Å². The van der Waals surface area contributed by atoms with E-state index in [2.05, 4.69) is 10.3 Å². The van der Waals surface area contributed by atoms with Crippen molar-refractivity contribution in [2.75, 3.05) is 5.32 Å². The lowest BCUT2D eigenvalue weighted by molar-refractivity contribution is -0.141. The fourth-order valence-corrected chi connectivity index (χ4v) is 8.44. The molecule has 2 aliphatic carbocycles. The Morgan fingerprint density at radius 3 is 2.44 bits per heavy atom. The third-order valence-corrected chi connectivity index (χ3v) is 10.7. The maximum Gasteiger partial charge on any atom is 0.255 e. The van der Waals surface area contributed by atoms with Crippen LogP contribution in [0, 0.1) is 23.5 Å². The summed E-state index contributed by atoms with van der Waals surface area (Å²) in [6.07, 6.45) is 2.10. The maximum absolute atomic E-state index is 13.8. The standard InChI is InChI=1S/C28H27ClF2N2O5S/c29-22-8-4-16(27(35)33-20-7-9-23(30)24(31)14-20)11-25(22)39(37,38)21-12-17-5-6-18(13-21)28(17,36)26(34)15-19-3-1-2-10-32-19/h1-4,7-11,14,17-18,21,26,34,36H,5-6,12-13,15H2,(H,33,35). The van der Waals surface area contributed by atoms with Gasteiger partial charge in [0, 0.05) is 35.6 Å². The van der Waals surface area contributed by atoms with E-state index in [9.17, 15) is 32.2 Å². The number of rotatable bonds is 7. The minimum Gasteiger partial charge on any atom is -0.390 e. The Morgan fingerprint density at radius 2 is 1.79 bits per heavy atom. The third-order valence-electron chi connectivity index (χ3n) is 8.05. The summed E-state index contributed by atoms with van der Waals surface area (Å²) >= 11 is 6.29. The van der Waals surface area contributed by atoms with Crippen molar-refractivity contribution in [2.45, 2.75) is 54.0 Å². The third kappa shape index (κ3) is 5.18. The van der Waals surface area contributed by atoms with Crippen molar-refractivity contribution < 1.29 is 32.2 Å². The highest BCUT2D eigenvalue weighted by molar-refractivity contribution is 7.92. The number of hydrogen-bond donors (Lipinski definition) is 3. The second kappa shape index (κ2) is 10.6. The first-order valence-corrected chi connectivity index (χ1v) is 14.5. The zero-order chi connectivity index (χ0) is 27.9. The normalized spacial score (nSPS) is 25.3. The molecule has 1 amide bonds. The number of carbonyl (C=O) groups excluding carboxylic acids is 1. The predicted molar refractivity (Wildman–Crippen MR) is 141 cm³/mol. The second-order valence-corrected chi connectivity index (χ2v) is 12.9. The summed E-state index contributed by atoms with van der Waals surface area (Å²) in [6, 6.07) is 12.0. The summed E-state index contributed by atoms with van der Waals surface area (Å²) in [5.41, 5.74) is -0.813. The zero-order valence-electron chi connectivity index (χ0n) is 20.7. The monoisotopic (exact) mass is 576 g/mol. The number of aliphatic hydroxyl groups excluding tert-OH is 1. The molecule has 39 heavy (non-hydrogen) atoms. The lowest BCUT2D eigenvalue weighted by Gasteiger charge is -2.45. The van der Waals surface area contributed by atoms with Gasteiger partial charge < -0.3 is 15.5 Å². The second-order valence-electron chi connectivity index (χ2n) is 10.3. The number of nitrogens with one attached hydrogen (secondary N) is 1. The van der Waals surface area contributed by atoms with Gasteiger partial charge in [0.05, 0.1) is 26.9 Å². The highest BCUT2D eigenvalue weighted by atomic mass is 35.5. The molecule has 7 nitrogen and oxygen atoms in total. The molecule has 0 spiro atoms. The molecule has 2 aliphatic rings. The van der Waals surface area contributed by atoms with Crippen molar-refractivity contribution in [3.8, 4) is 0 Å². The van der Waals surface area contributed by atoms with Crippen LogP contribution in [0.2, 0.25) is 5.02 Å². The van der Waals surface area contributed by atoms with Crippen LogP contribution in [0.4, 0.5) is 14.5 Å². The first-order valence-electron chi connectivity index (χ1n) is 12.6. The average Bonchev–Trinajstić information content (AvgIpc) is 3.07. The number of fused-ring (bicyclic) bond motifs is 2. The van der Waals surface area contributed by atoms with Crippen LogP contribution in [-0.4, -0.2) is 46.5 Å². The summed E-state index contributed by atoms with van der Waals surface area (Å²) in [5.74, 6) is -3.79. The fourth-order valence-electron chi connectivity index (χ4n) is 6.04. The van der Waals surface area contributed by atoms with Crippen molar-refractivity contribution in [1.29, 1.82) is 0 Å². The van der Waals surface area contributed by atoms with Crippen LogP contribution >= 0.6 is 11.6 Å². The molecule has 3 atom stereocenters. The molecular formula is C28H27ClF2N2O5S. The van der Waals surface area contributed by atoms with Gasteiger partial charge in [-0.3, -0.25) is 9.78 Å². The van der Waals surface area contributed by atoms with Crippen LogP contribution in [0.25, 0.3) is 0 Å². The van der Waals surface area contributed by atoms with Crippen molar-refractivity contribution in [3.63, 3.8) is 0 Å². The summed E-state index contributed by atoms with van der Waals surface area (Å²) in [7, 11) is -4.02. The topological polar surface area (TPSA) is 117 Å². The fraction of sp³-hybridized carbons (Fsp3) is 0.357. The van der Waals surface area contributed by atoms with Crippen LogP contribution in [0.3, 0.4) is 0 Å². The molecule has 0 saturated heterocycles. The number of nitrogens with zero attached hydrogens (tertiary/aromatic N) is 1. The van der Waals surface area contributed by atoms with E-state index in [4.69, 9.17) is 11.6 Å². The van der Waals surface area contributed by atoms with E-state index in [1.54, 1.807) is 24.4 Å². The number of aliphatic hydroxyl groups is 2. The van der Waals surface area contributed by atoms with E-state index >= 15 is 0 Å². The Kier molecular flexibility index (Phi) is 7.49. The number of carbonyl (C=O) groups is 1. The van der Waals surface area contributed by atoms with Gasteiger partial charge in [-0.25, -0.2) is 17.2 Å². The number of hydrogen-bond acceptors (Lipinski definition) is 6. The molecule has 11 heteroatoms. The van der Waals surface area contributed by atoms with Gasteiger partial charge in [-0.05, 0) is 80.0 Å². The maximum atomic E-state index is 13.8. The summed E-state index contributed by atoms with van der Waals surface area (Å²) in [4.78, 5) is 16.8. The first-order chi connectivity index (χ1) is 18.5. The molecular weight excluding hydrogens is 550 g/mol. The predicted octanol–water partition coefficient (Wildman–Crippen LogP) is 4.56. The van der Waals surface area contributed by atoms with Crippen LogP contribution in [0.1, 0.15) is 41.7 Å². The Morgan fingerprint density at radius 1 is 1.08 bits per heavy atom. The molecule has 0 aliphatic heterocycles. The summed E-state index contributed by atoms with van der Waals surface area (Å²) < 4.78 is 54.3. The number of sulfone groups is 1. The van der Waals surface area contributed by atoms with Crippen molar-refractivity contribution >= 4 is 33.0 Å². The largest absolute Gasteiger partial charge is 0.390 e. The van der Waals surface area contributed by atoms with Crippen LogP contribution in [-0.2, 0) is 16.3 Å². The average molecular weight is 577 g/mol. The van der Waals surface area contributed by atoms with Crippen molar-refractivity contribution in [3.05, 3.63) is 88.7 Å². The Bertz CT molecular complexity index is 1490. The van der Waals surface area contributed by atoms with Gasteiger partial charge in [-0.15, -0.1) is 0 Å². The van der Waals surface area contributed by atoms with E-state index < -0.39 is 56.2 Å². The molecule has 1 aromatic heterocycles. The smallest absolute Gasteiger partial charge is 0.255 e. The van der Waals surface area contributed by atoms with Gasteiger partial charge in [-0.2, -0.15) is 0 Å². The van der Waals surface area contributed by atoms with Crippen LogP contribution < -0.4 is 5.32 Å². The lowest BCUT2D eigenvalue weighted by Crippen LogP contribution is -2.56. The number of halogens is 3. The molecule has 3 aromatic rings.